The SMILES string of the molecule is CCN(CC)C1=[C+]C=C(C(=C2C=CC(=[N+](C)CC)C=C2)c2ccc(N(CC)CC)cc2)C=C1. The summed E-state index contributed by atoms with van der Waals surface area (Å²) in [6.45, 7) is 16.0. The average molecular weight is 442 g/mol. The third-order valence-electron chi connectivity index (χ3n) is 6.54. The molecule has 0 bridgehead atoms. The maximum absolute atomic E-state index is 3.53. The van der Waals surface area contributed by atoms with Gasteiger partial charge in [-0.25, -0.2) is 4.58 Å². The molecule has 2 aliphatic rings. The Morgan fingerprint density at radius 2 is 1.36 bits per heavy atom. The number of hydrogen-bond acceptors (Lipinski definition) is 2. The second-order valence-electron chi connectivity index (χ2n) is 8.29. The third-order valence-corrected chi connectivity index (χ3v) is 6.54. The molecule has 0 saturated carbocycles. The van der Waals surface area contributed by atoms with Crippen LogP contribution in [0.2, 0.25) is 0 Å². The number of likely N-dealkylation sites (N-methyl/N-ethyl adjacent to an activating group) is 1. The molecule has 1 aromatic rings. The summed E-state index contributed by atoms with van der Waals surface area (Å²) in [7, 11) is 2.13. The topological polar surface area (TPSA) is 9.49 Å². The molecule has 0 N–H and O–H groups in total. The summed E-state index contributed by atoms with van der Waals surface area (Å²) in [5, 5.41) is 0. The van der Waals surface area contributed by atoms with Crippen LogP contribution in [0.4, 0.5) is 5.69 Å². The predicted molar refractivity (Wildman–Crippen MR) is 144 cm³/mol. The molecule has 0 radical (unpaired) electrons. The van der Waals surface area contributed by atoms with E-state index in [-0.39, 0.29) is 0 Å². The number of hydrogen-bond donors (Lipinski definition) is 0. The van der Waals surface area contributed by atoms with Gasteiger partial charge in [0.25, 0.3) is 0 Å². The van der Waals surface area contributed by atoms with E-state index in [1.54, 1.807) is 0 Å². The molecule has 0 amide bonds. The van der Waals surface area contributed by atoms with Gasteiger partial charge in [0.15, 0.2) is 5.71 Å². The van der Waals surface area contributed by atoms with E-state index < -0.39 is 0 Å². The Morgan fingerprint density at radius 3 is 1.85 bits per heavy atom. The summed E-state index contributed by atoms with van der Waals surface area (Å²) in [4.78, 5) is 4.71. The van der Waals surface area contributed by atoms with Crippen LogP contribution in [-0.2, 0) is 0 Å². The van der Waals surface area contributed by atoms with Gasteiger partial charge >= 0.3 is 0 Å². The van der Waals surface area contributed by atoms with E-state index in [1.165, 1.54) is 33.7 Å². The number of allylic oxidation sites excluding steroid dienone is 11. The van der Waals surface area contributed by atoms with Crippen molar-refractivity contribution < 1.29 is 4.58 Å². The van der Waals surface area contributed by atoms with Gasteiger partial charge in [-0.1, -0.05) is 12.1 Å². The second-order valence-corrected chi connectivity index (χ2v) is 8.29. The van der Waals surface area contributed by atoms with Crippen molar-refractivity contribution in [2.45, 2.75) is 34.6 Å². The first-order chi connectivity index (χ1) is 16.1. The molecule has 0 aliphatic heterocycles. The minimum Gasteiger partial charge on any atom is -0.372 e. The van der Waals surface area contributed by atoms with Gasteiger partial charge in [-0.05, 0) is 70.0 Å². The van der Waals surface area contributed by atoms with Crippen LogP contribution in [0.15, 0.2) is 83.6 Å². The van der Waals surface area contributed by atoms with Crippen LogP contribution in [0.1, 0.15) is 40.2 Å². The molecule has 0 unspecified atom stereocenters. The van der Waals surface area contributed by atoms with Gasteiger partial charge in [0.1, 0.15) is 19.7 Å². The van der Waals surface area contributed by atoms with Crippen molar-refractivity contribution in [1.29, 1.82) is 0 Å². The Kier molecular flexibility index (Phi) is 8.63. The van der Waals surface area contributed by atoms with Gasteiger partial charge in [-0.15, -0.1) is 0 Å². The summed E-state index contributed by atoms with van der Waals surface area (Å²) in [5.74, 6) is 0. The molecule has 1 aromatic carbocycles. The van der Waals surface area contributed by atoms with E-state index in [0.29, 0.717) is 0 Å². The van der Waals surface area contributed by atoms with Gasteiger partial charge in [-0.3, -0.25) is 0 Å². The largest absolute Gasteiger partial charge is 0.372 e. The van der Waals surface area contributed by atoms with E-state index in [0.717, 1.165) is 38.4 Å². The summed E-state index contributed by atoms with van der Waals surface area (Å²) in [5.41, 5.74) is 8.55. The molecule has 0 fully saturated rings. The van der Waals surface area contributed by atoms with Crippen LogP contribution in [0, 0.1) is 6.08 Å². The Bertz CT molecular complexity index is 1020. The van der Waals surface area contributed by atoms with Gasteiger partial charge in [-0.2, -0.15) is 0 Å². The van der Waals surface area contributed by atoms with Gasteiger partial charge in [0.2, 0.25) is 5.70 Å². The van der Waals surface area contributed by atoms with E-state index in [9.17, 15) is 0 Å². The normalized spacial score (nSPS) is 14.6. The number of benzene rings is 1. The maximum atomic E-state index is 3.53. The molecule has 172 valence electrons. The van der Waals surface area contributed by atoms with Crippen molar-refractivity contribution in [3.05, 3.63) is 95.3 Å². The van der Waals surface area contributed by atoms with Gasteiger partial charge < -0.3 is 9.80 Å². The number of rotatable bonds is 9. The zero-order valence-corrected chi connectivity index (χ0v) is 21.2. The molecule has 33 heavy (non-hydrogen) atoms. The summed E-state index contributed by atoms with van der Waals surface area (Å²) in [6.07, 6.45) is 19.0. The molecule has 0 spiro atoms. The first-order valence-electron chi connectivity index (χ1n) is 12.4. The zero-order valence-electron chi connectivity index (χ0n) is 21.2. The van der Waals surface area contributed by atoms with E-state index in [1.807, 2.05) is 0 Å². The van der Waals surface area contributed by atoms with Crippen LogP contribution in [0.3, 0.4) is 0 Å². The molecule has 3 rings (SSSR count). The second kappa shape index (κ2) is 11.6. The van der Waals surface area contributed by atoms with Crippen LogP contribution in [0.25, 0.3) is 5.57 Å². The molecular weight excluding hydrogens is 402 g/mol. The fourth-order valence-corrected chi connectivity index (χ4v) is 4.33. The van der Waals surface area contributed by atoms with Crippen molar-refractivity contribution in [3.63, 3.8) is 0 Å². The minimum atomic E-state index is 0.988. The predicted octanol–water partition coefficient (Wildman–Crippen LogP) is 6.04. The van der Waals surface area contributed by atoms with Crippen molar-refractivity contribution in [2.75, 3.05) is 44.7 Å². The highest BCUT2D eigenvalue weighted by Crippen LogP contribution is 2.33. The monoisotopic (exact) mass is 441 g/mol. The zero-order chi connectivity index (χ0) is 23.8. The lowest BCUT2D eigenvalue weighted by molar-refractivity contribution is -0.491. The average Bonchev–Trinajstić information content (AvgIpc) is 2.87. The Hall–Kier alpha value is -3.16. The maximum Gasteiger partial charge on any atom is 0.205 e. The first kappa shape index (κ1) is 24.5. The Labute approximate surface area is 201 Å². The fraction of sp³-hybridized carbons (Fsp3) is 0.367. The lowest BCUT2D eigenvalue weighted by Gasteiger charge is -2.21. The van der Waals surface area contributed by atoms with Crippen LogP contribution in [0.5, 0.6) is 0 Å². The van der Waals surface area contributed by atoms with E-state index >= 15 is 0 Å². The van der Waals surface area contributed by atoms with Gasteiger partial charge in [0.05, 0.1) is 29.4 Å². The highest BCUT2D eigenvalue weighted by molar-refractivity contribution is 6.04. The molecule has 0 atom stereocenters. The number of nitrogens with zero attached hydrogens (tertiary/aromatic N) is 3. The molecular formula is C30H39N3+2. The molecule has 2 aliphatic carbocycles. The molecule has 3 nitrogen and oxygen atoms in total. The molecule has 3 heteroatoms. The van der Waals surface area contributed by atoms with E-state index in [4.69, 9.17) is 0 Å². The highest BCUT2D eigenvalue weighted by Gasteiger charge is 2.22. The molecule has 0 heterocycles. The Balaban J connectivity index is 2.06. The van der Waals surface area contributed by atoms with Crippen LogP contribution < -0.4 is 4.90 Å². The van der Waals surface area contributed by atoms with Crippen molar-refractivity contribution in [2.24, 2.45) is 0 Å². The highest BCUT2D eigenvalue weighted by atomic mass is 15.1. The van der Waals surface area contributed by atoms with Crippen LogP contribution in [-0.4, -0.2) is 55.0 Å². The standard InChI is InChI=1S/C30H39N3/c1-7-31(6)27-18-12-24(13-19-27)30(25-14-20-28(21-15-25)32(8-2)9-3)26-16-22-29(23-17-26)33(10-4)11-5/h12-22H,7-11H2,1-6H3/q+2. The van der Waals surface area contributed by atoms with Crippen molar-refractivity contribution >= 4 is 17.0 Å². The van der Waals surface area contributed by atoms with Gasteiger partial charge in [0, 0.05) is 44.0 Å². The Morgan fingerprint density at radius 1 is 0.758 bits per heavy atom. The minimum absolute atomic E-state index is 0.988. The summed E-state index contributed by atoms with van der Waals surface area (Å²) in [6, 6.07) is 9.01. The third kappa shape index (κ3) is 5.61. The summed E-state index contributed by atoms with van der Waals surface area (Å²) < 4.78 is 2.26. The quantitative estimate of drug-likeness (QED) is 0.341. The fourth-order valence-electron chi connectivity index (χ4n) is 4.33. The molecule has 0 saturated heterocycles. The smallest absolute Gasteiger partial charge is 0.205 e. The van der Waals surface area contributed by atoms with E-state index in [2.05, 4.69) is 129 Å². The lowest BCUT2D eigenvalue weighted by atomic mass is 9.88. The van der Waals surface area contributed by atoms with Crippen LogP contribution >= 0.6 is 0 Å². The summed E-state index contributed by atoms with van der Waals surface area (Å²) >= 11 is 0. The van der Waals surface area contributed by atoms with Crippen molar-refractivity contribution in [3.8, 4) is 0 Å². The van der Waals surface area contributed by atoms with Crippen molar-refractivity contribution in [1.82, 2.24) is 4.90 Å². The molecule has 0 aromatic heterocycles. The lowest BCUT2D eigenvalue weighted by Crippen LogP contribution is -2.21. The number of anilines is 1. The first-order valence-corrected chi connectivity index (χ1v) is 12.4.